The van der Waals surface area contributed by atoms with Crippen LogP contribution >= 0.6 is 0 Å². The van der Waals surface area contributed by atoms with E-state index in [-0.39, 0.29) is 6.10 Å². The summed E-state index contributed by atoms with van der Waals surface area (Å²) in [5, 5.41) is 9.40. The zero-order valence-corrected chi connectivity index (χ0v) is 8.88. The topological polar surface area (TPSA) is 29.5 Å². The van der Waals surface area contributed by atoms with E-state index in [1.165, 1.54) is 0 Å². The molecule has 0 aliphatic heterocycles. The van der Waals surface area contributed by atoms with E-state index in [1.807, 2.05) is 6.92 Å². The third-order valence-electron chi connectivity index (χ3n) is 1.87. The Balaban J connectivity index is 3.16. The first-order valence-corrected chi connectivity index (χ1v) is 5.07. The average molecular weight is 186 g/mol. The first-order chi connectivity index (χ1) is 6.16. The van der Waals surface area contributed by atoms with Crippen molar-refractivity contribution in [1.29, 1.82) is 0 Å². The van der Waals surface area contributed by atoms with Crippen LogP contribution in [0.3, 0.4) is 0 Å². The molecule has 1 unspecified atom stereocenters. The summed E-state index contributed by atoms with van der Waals surface area (Å²) in [6.45, 7) is 9.03. The van der Waals surface area contributed by atoms with Crippen molar-refractivity contribution in [1.82, 2.24) is 0 Å². The fourth-order valence-electron chi connectivity index (χ4n) is 0.989. The summed E-state index contributed by atoms with van der Waals surface area (Å²) in [5.41, 5.74) is 1.13. The molecule has 0 saturated carbocycles. The summed E-state index contributed by atoms with van der Waals surface area (Å²) < 4.78 is 5.29. The van der Waals surface area contributed by atoms with Crippen molar-refractivity contribution in [3.05, 3.63) is 12.2 Å². The van der Waals surface area contributed by atoms with Gasteiger partial charge in [0.25, 0.3) is 0 Å². The zero-order chi connectivity index (χ0) is 10.1. The van der Waals surface area contributed by atoms with Crippen molar-refractivity contribution in [2.45, 2.75) is 45.6 Å². The van der Waals surface area contributed by atoms with Gasteiger partial charge in [0.2, 0.25) is 0 Å². The lowest BCUT2D eigenvalue weighted by Gasteiger charge is -2.10. The quantitative estimate of drug-likeness (QED) is 0.466. The maximum absolute atomic E-state index is 9.40. The lowest BCUT2D eigenvalue weighted by atomic mass is 10.2. The van der Waals surface area contributed by atoms with Gasteiger partial charge in [-0.1, -0.05) is 25.3 Å². The minimum Gasteiger partial charge on any atom is -0.391 e. The standard InChI is InChI=1S/C11H22O2/c1-4-5-6-11(12)9-13-8-7-10(2)3/h11-12H,2,4-9H2,1,3H3. The van der Waals surface area contributed by atoms with E-state index in [0.717, 1.165) is 31.3 Å². The number of rotatable bonds is 8. The Morgan fingerprint density at radius 1 is 1.54 bits per heavy atom. The normalized spacial score (nSPS) is 12.8. The molecule has 0 amide bonds. The number of hydrogen-bond acceptors (Lipinski definition) is 2. The van der Waals surface area contributed by atoms with Crippen LogP contribution in [0.15, 0.2) is 12.2 Å². The van der Waals surface area contributed by atoms with Gasteiger partial charge in [-0.05, 0) is 19.8 Å². The molecule has 0 bridgehead atoms. The van der Waals surface area contributed by atoms with Crippen molar-refractivity contribution in [3.8, 4) is 0 Å². The van der Waals surface area contributed by atoms with Crippen LogP contribution in [0.5, 0.6) is 0 Å². The summed E-state index contributed by atoms with van der Waals surface area (Å²) in [5.74, 6) is 0. The molecule has 0 aliphatic rings. The molecule has 1 atom stereocenters. The minimum atomic E-state index is -0.287. The molecule has 1 N–H and O–H groups in total. The van der Waals surface area contributed by atoms with Crippen molar-refractivity contribution in [3.63, 3.8) is 0 Å². The van der Waals surface area contributed by atoms with E-state index < -0.39 is 0 Å². The summed E-state index contributed by atoms with van der Waals surface area (Å²) in [6, 6.07) is 0. The highest BCUT2D eigenvalue weighted by Crippen LogP contribution is 2.02. The Hall–Kier alpha value is -0.340. The Morgan fingerprint density at radius 2 is 2.23 bits per heavy atom. The molecule has 13 heavy (non-hydrogen) atoms. The molecule has 0 aromatic carbocycles. The first kappa shape index (κ1) is 12.7. The largest absolute Gasteiger partial charge is 0.391 e. The van der Waals surface area contributed by atoms with Crippen molar-refractivity contribution >= 4 is 0 Å². The molecule has 0 heterocycles. The Bertz CT molecular complexity index is 132. The van der Waals surface area contributed by atoms with E-state index in [9.17, 15) is 5.11 Å². The van der Waals surface area contributed by atoms with Gasteiger partial charge in [-0.3, -0.25) is 0 Å². The second-order valence-corrected chi connectivity index (χ2v) is 3.58. The van der Waals surface area contributed by atoms with Gasteiger partial charge in [0.1, 0.15) is 0 Å². The van der Waals surface area contributed by atoms with Gasteiger partial charge in [0, 0.05) is 0 Å². The molecule has 2 nitrogen and oxygen atoms in total. The monoisotopic (exact) mass is 186 g/mol. The maximum Gasteiger partial charge on any atom is 0.0773 e. The van der Waals surface area contributed by atoms with Crippen LogP contribution in [0.1, 0.15) is 39.5 Å². The third kappa shape index (κ3) is 9.57. The van der Waals surface area contributed by atoms with Gasteiger partial charge < -0.3 is 9.84 Å². The van der Waals surface area contributed by atoms with Crippen LogP contribution in [0, 0.1) is 0 Å². The molecule has 0 spiro atoms. The molecule has 0 radical (unpaired) electrons. The highest BCUT2D eigenvalue weighted by molar-refractivity contribution is 4.87. The lowest BCUT2D eigenvalue weighted by molar-refractivity contribution is 0.0328. The minimum absolute atomic E-state index is 0.287. The summed E-state index contributed by atoms with van der Waals surface area (Å²) in [4.78, 5) is 0. The van der Waals surface area contributed by atoms with E-state index in [0.29, 0.717) is 13.2 Å². The molecule has 78 valence electrons. The fraction of sp³-hybridized carbons (Fsp3) is 0.818. The van der Waals surface area contributed by atoms with Gasteiger partial charge in [0.05, 0.1) is 19.3 Å². The van der Waals surface area contributed by atoms with E-state index in [4.69, 9.17) is 4.74 Å². The maximum atomic E-state index is 9.40. The van der Waals surface area contributed by atoms with Gasteiger partial charge in [-0.25, -0.2) is 0 Å². The molecular weight excluding hydrogens is 164 g/mol. The van der Waals surface area contributed by atoms with Crippen molar-refractivity contribution in [2.75, 3.05) is 13.2 Å². The molecule has 0 aromatic heterocycles. The molecule has 0 rings (SSSR count). The lowest BCUT2D eigenvalue weighted by Crippen LogP contribution is -2.15. The average Bonchev–Trinajstić information content (AvgIpc) is 2.08. The van der Waals surface area contributed by atoms with Crippen LogP contribution in [0.4, 0.5) is 0 Å². The van der Waals surface area contributed by atoms with Gasteiger partial charge in [0.15, 0.2) is 0 Å². The highest BCUT2D eigenvalue weighted by Gasteiger charge is 2.02. The Morgan fingerprint density at radius 3 is 2.77 bits per heavy atom. The van der Waals surface area contributed by atoms with Crippen LogP contribution in [-0.4, -0.2) is 24.4 Å². The first-order valence-electron chi connectivity index (χ1n) is 5.07. The van der Waals surface area contributed by atoms with E-state index in [1.54, 1.807) is 0 Å². The van der Waals surface area contributed by atoms with Crippen molar-refractivity contribution < 1.29 is 9.84 Å². The van der Waals surface area contributed by atoms with Gasteiger partial charge in [-0.15, -0.1) is 6.58 Å². The van der Waals surface area contributed by atoms with Crippen LogP contribution < -0.4 is 0 Å². The van der Waals surface area contributed by atoms with E-state index in [2.05, 4.69) is 13.5 Å². The second kappa shape index (κ2) is 8.27. The van der Waals surface area contributed by atoms with Crippen molar-refractivity contribution in [2.24, 2.45) is 0 Å². The summed E-state index contributed by atoms with van der Waals surface area (Å²) in [6.07, 6.45) is 3.66. The Labute approximate surface area is 81.6 Å². The molecule has 0 aliphatic carbocycles. The smallest absolute Gasteiger partial charge is 0.0773 e. The number of aliphatic hydroxyl groups is 1. The number of aliphatic hydroxyl groups excluding tert-OH is 1. The van der Waals surface area contributed by atoms with E-state index >= 15 is 0 Å². The molecular formula is C11H22O2. The molecule has 2 heteroatoms. The number of ether oxygens (including phenoxy) is 1. The number of unbranched alkanes of at least 4 members (excludes halogenated alkanes) is 1. The van der Waals surface area contributed by atoms with Crippen LogP contribution in [0.25, 0.3) is 0 Å². The zero-order valence-electron chi connectivity index (χ0n) is 8.88. The molecule has 0 aromatic rings. The number of hydrogen-bond donors (Lipinski definition) is 1. The highest BCUT2D eigenvalue weighted by atomic mass is 16.5. The SMILES string of the molecule is C=C(C)CCOCC(O)CCCC. The summed E-state index contributed by atoms with van der Waals surface area (Å²) >= 11 is 0. The molecule has 0 fully saturated rings. The molecule has 0 saturated heterocycles. The van der Waals surface area contributed by atoms with Gasteiger partial charge >= 0.3 is 0 Å². The Kier molecular flexibility index (Phi) is 8.05. The van der Waals surface area contributed by atoms with Crippen LogP contribution in [0.2, 0.25) is 0 Å². The fourth-order valence-corrected chi connectivity index (χ4v) is 0.989. The predicted octanol–water partition coefficient (Wildman–Crippen LogP) is 2.52. The second-order valence-electron chi connectivity index (χ2n) is 3.58. The van der Waals surface area contributed by atoms with Gasteiger partial charge in [-0.2, -0.15) is 0 Å². The van der Waals surface area contributed by atoms with Crippen LogP contribution in [-0.2, 0) is 4.74 Å². The summed E-state index contributed by atoms with van der Waals surface area (Å²) in [7, 11) is 0. The third-order valence-corrected chi connectivity index (χ3v) is 1.87. The predicted molar refractivity (Wildman–Crippen MR) is 55.8 cm³/mol.